The van der Waals surface area contributed by atoms with Gasteiger partial charge in [0.05, 0.1) is 13.2 Å². The van der Waals surface area contributed by atoms with E-state index in [4.69, 9.17) is 4.74 Å². The third kappa shape index (κ3) is 6.29. The average Bonchev–Trinajstić information content (AvgIpc) is 2.72. The number of anilines is 2. The van der Waals surface area contributed by atoms with Gasteiger partial charge in [-0.25, -0.2) is 23.1 Å². The summed E-state index contributed by atoms with van der Waals surface area (Å²) in [4.78, 5) is 10.6. The fourth-order valence-electron chi connectivity index (χ4n) is 2.69. The molecule has 0 atom stereocenters. The van der Waals surface area contributed by atoms with E-state index in [9.17, 15) is 8.42 Å². The van der Waals surface area contributed by atoms with E-state index >= 15 is 0 Å². The lowest BCUT2D eigenvalue weighted by atomic mass is 10.2. The maximum absolute atomic E-state index is 12.1. The number of rotatable bonds is 8. The van der Waals surface area contributed by atoms with Gasteiger partial charge in [-0.15, -0.1) is 0 Å². The molecule has 0 radical (unpaired) electrons. The molecule has 0 spiro atoms. The van der Waals surface area contributed by atoms with E-state index in [1.807, 2.05) is 37.3 Å². The SMILES string of the molecule is Cc1ccc(/C=C/S(=O)(=O)NCCNc2cc(N3CCOCC3)ncn2)cc1. The van der Waals surface area contributed by atoms with Gasteiger partial charge in [0.2, 0.25) is 10.0 Å². The van der Waals surface area contributed by atoms with Crippen LogP contribution >= 0.6 is 0 Å². The first-order valence-corrected chi connectivity index (χ1v) is 10.7. The second kappa shape index (κ2) is 9.63. The van der Waals surface area contributed by atoms with Crippen LogP contribution in [0.4, 0.5) is 11.6 Å². The highest BCUT2D eigenvalue weighted by Gasteiger charge is 2.13. The predicted molar refractivity (Wildman–Crippen MR) is 111 cm³/mol. The number of nitrogens with zero attached hydrogens (tertiary/aromatic N) is 3. The molecule has 1 aromatic carbocycles. The summed E-state index contributed by atoms with van der Waals surface area (Å²) in [6.07, 6.45) is 3.08. The molecule has 0 saturated carbocycles. The van der Waals surface area contributed by atoms with Gasteiger partial charge in [0.1, 0.15) is 18.0 Å². The Bertz CT molecular complexity index is 894. The number of sulfonamides is 1. The monoisotopic (exact) mass is 403 g/mol. The zero-order valence-electron chi connectivity index (χ0n) is 15.8. The van der Waals surface area contributed by atoms with Crippen LogP contribution in [0.2, 0.25) is 0 Å². The number of benzene rings is 1. The molecular weight excluding hydrogens is 378 g/mol. The first-order valence-electron chi connectivity index (χ1n) is 9.15. The minimum Gasteiger partial charge on any atom is -0.378 e. The van der Waals surface area contributed by atoms with Gasteiger partial charge in [0, 0.05) is 37.7 Å². The van der Waals surface area contributed by atoms with E-state index in [0.717, 1.165) is 30.0 Å². The Balaban J connectivity index is 1.46. The molecule has 0 bridgehead atoms. The van der Waals surface area contributed by atoms with Crippen LogP contribution in [0.5, 0.6) is 0 Å². The number of hydrogen-bond acceptors (Lipinski definition) is 7. The van der Waals surface area contributed by atoms with Crippen LogP contribution in [0.1, 0.15) is 11.1 Å². The van der Waals surface area contributed by atoms with Crippen molar-refractivity contribution in [1.82, 2.24) is 14.7 Å². The van der Waals surface area contributed by atoms with Crippen LogP contribution in [-0.4, -0.2) is 57.8 Å². The van der Waals surface area contributed by atoms with Crippen molar-refractivity contribution in [1.29, 1.82) is 0 Å². The van der Waals surface area contributed by atoms with Gasteiger partial charge in [-0.05, 0) is 18.6 Å². The molecule has 2 N–H and O–H groups in total. The van der Waals surface area contributed by atoms with Crippen molar-refractivity contribution in [3.8, 4) is 0 Å². The summed E-state index contributed by atoms with van der Waals surface area (Å²) in [5.74, 6) is 1.49. The summed E-state index contributed by atoms with van der Waals surface area (Å²) in [6.45, 7) is 5.61. The third-order valence-electron chi connectivity index (χ3n) is 4.24. The van der Waals surface area contributed by atoms with Crippen molar-refractivity contribution in [2.45, 2.75) is 6.92 Å². The van der Waals surface area contributed by atoms with Crippen LogP contribution in [0, 0.1) is 6.92 Å². The maximum Gasteiger partial charge on any atom is 0.233 e. The third-order valence-corrected chi connectivity index (χ3v) is 5.34. The Morgan fingerprint density at radius 3 is 2.64 bits per heavy atom. The van der Waals surface area contributed by atoms with Crippen molar-refractivity contribution in [2.75, 3.05) is 49.6 Å². The number of aryl methyl sites for hydroxylation is 1. The molecular formula is C19H25N5O3S. The summed E-state index contributed by atoms with van der Waals surface area (Å²) in [5, 5.41) is 4.30. The predicted octanol–water partition coefficient (Wildman–Crippen LogP) is 1.62. The normalized spacial score (nSPS) is 15.1. The number of aromatic nitrogens is 2. The minimum absolute atomic E-state index is 0.247. The molecule has 1 aliphatic rings. The molecule has 1 aromatic heterocycles. The molecule has 9 heteroatoms. The summed E-state index contributed by atoms with van der Waals surface area (Å²) >= 11 is 0. The fourth-order valence-corrected chi connectivity index (χ4v) is 3.51. The molecule has 0 aliphatic carbocycles. The topological polar surface area (TPSA) is 96.5 Å². The van der Waals surface area contributed by atoms with Crippen LogP contribution in [0.3, 0.4) is 0 Å². The quantitative estimate of drug-likeness (QED) is 0.647. The van der Waals surface area contributed by atoms with E-state index < -0.39 is 10.0 Å². The molecule has 150 valence electrons. The molecule has 2 heterocycles. The van der Waals surface area contributed by atoms with Gasteiger partial charge in [0.15, 0.2) is 0 Å². The molecule has 1 fully saturated rings. The van der Waals surface area contributed by atoms with Crippen LogP contribution in [0.15, 0.2) is 42.1 Å². The Kier molecular flexibility index (Phi) is 6.96. The highest BCUT2D eigenvalue weighted by Crippen LogP contribution is 2.15. The molecule has 28 heavy (non-hydrogen) atoms. The second-order valence-corrected chi connectivity index (χ2v) is 8.09. The number of nitrogens with one attached hydrogen (secondary N) is 2. The molecule has 3 rings (SSSR count). The Labute approximate surface area is 165 Å². The van der Waals surface area contributed by atoms with Crippen molar-refractivity contribution in [2.24, 2.45) is 0 Å². The highest BCUT2D eigenvalue weighted by molar-refractivity contribution is 7.92. The van der Waals surface area contributed by atoms with E-state index in [1.165, 1.54) is 11.7 Å². The molecule has 1 aliphatic heterocycles. The zero-order chi connectivity index (χ0) is 19.8. The molecule has 8 nitrogen and oxygen atoms in total. The van der Waals surface area contributed by atoms with Gasteiger partial charge in [0.25, 0.3) is 0 Å². The largest absolute Gasteiger partial charge is 0.378 e. The van der Waals surface area contributed by atoms with E-state index in [0.29, 0.717) is 25.6 Å². The van der Waals surface area contributed by atoms with E-state index in [2.05, 4.69) is 24.9 Å². The van der Waals surface area contributed by atoms with Gasteiger partial charge >= 0.3 is 0 Å². The van der Waals surface area contributed by atoms with Gasteiger partial charge in [-0.1, -0.05) is 29.8 Å². The van der Waals surface area contributed by atoms with Crippen LogP contribution in [0.25, 0.3) is 6.08 Å². The highest BCUT2D eigenvalue weighted by atomic mass is 32.2. The van der Waals surface area contributed by atoms with Crippen molar-refractivity contribution < 1.29 is 13.2 Å². The average molecular weight is 404 g/mol. The van der Waals surface area contributed by atoms with Crippen LogP contribution < -0.4 is 14.9 Å². The number of ether oxygens (including phenoxy) is 1. The summed E-state index contributed by atoms with van der Waals surface area (Å²) < 4.78 is 32.0. The summed E-state index contributed by atoms with van der Waals surface area (Å²) in [5.41, 5.74) is 1.97. The standard InChI is InChI=1S/C19H25N5O3S/c1-16-2-4-17(5-3-16)6-13-28(25,26)23-8-7-20-18-14-19(22-15-21-18)24-9-11-27-12-10-24/h2-6,13-15,23H,7-12H2,1H3,(H,20,21,22)/b13-6+. The Morgan fingerprint density at radius 2 is 1.89 bits per heavy atom. The van der Waals surface area contributed by atoms with Crippen molar-refractivity contribution >= 4 is 27.7 Å². The van der Waals surface area contributed by atoms with Crippen molar-refractivity contribution in [3.05, 3.63) is 53.2 Å². The molecule has 2 aromatic rings. The Morgan fingerprint density at radius 1 is 1.14 bits per heavy atom. The number of hydrogen-bond donors (Lipinski definition) is 2. The minimum atomic E-state index is -3.50. The van der Waals surface area contributed by atoms with Gasteiger partial charge in [-0.3, -0.25) is 0 Å². The summed E-state index contributed by atoms with van der Waals surface area (Å²) in [7, 11) is -3.50. The lowest BCUT2D eigenvalue weighted by molar-refractivity contribution is 0.122. The molecule has 0 amide bonds. The lowest BCUT2D eigenvalue weighted by Crippen LogP contribution is -2.36. The lowest BCUT2D eigenvalue weighted by Gasteiger charge is -2.27. The van der Waals surface area contributed by atoms with Gasteiger partial charge in [-0.2, -0.15) is 0 Å². The maximum atomic E-state index is 12.1. The van der Waals surface area contributed by atoms with E-state index in [-0.39, 0.29) is 6.54 Å². The van der Waals surface area contributed by atoms with Gasteiger partial charge < -0.3 is 15.0 Å². The first kappa shape index (κ1) is 20.2. The fraction of sp³-hybridized carbons (Fsp3) is 0.368. The second-order valence-electron chi connectivity index (χ2n) is 6.44. The summed E-state index contributed by atoms with van der Waals surface area (Å²) in [6, 6.07) is 9.50. The zero-order valence-corrected chi connectivity index (χ0v) is 16.7. The van der Waals surface area contributed by atoms with E-state index in [1.54, 1.807) is 6.08 Å². The Hall–Kier alpha value is -2.49. The molecule has 0 unspecified atom stereocenters. The smallest absolute Gasteiger partial charge is 0.233 e. The number of morpholine rings is 1. The molecule has 1 saturated heterocycles. The van der Waals surface area contributed by atoms with Crippen molar-refractivity contribution in [3.63, 3.8) is 0 Å². The first-order chi connectivity index (χ1) is 13.5. The van der Waals surface area contributed by atoms with Crippen LogP contribution in [-0.2, 0) is 14.8 Å².